The van der Waals surface area contributed by atoms with E-state index in [9.17, 15) is 4.79 Å². The lowest BCUT2D eigenvalue weighted by molar-refractivity contribution is -0.138. The topological polar surface area (TPSA) is 75.3 Å². The highest BCUT2D eigenvalue weighted by Crippen LogP contribution is 2.16. The maximum absolute atomic E-state index is 10.5. The summed E-state index contributed by atoms with van der Waals surface area (Å²) in [7, 11) is 0. The molecule has 0 aromatic heterocycles. The lowest BCUT2D eigenvalue weighted by Crippen LogP contribution is -2.32. The van der Waals surface area contributed by atoms with Crippen LogP contribution in [-0.2, 0) is 4.79 Å². The molecule has 0 fully saturated rings. The van der Waals surface area contributed by atoms with E-state index in [1.807, 2.05) is 32.0 Å². The Morgan fingerprint density at radius 2 is 2.19 bits per heavy atom. The molecule has 1 atom stereocenters. The quantitative estimate of drug-likeness (QED) is 0.706. The Balaban J connectivity index is 2.48. The van der Waals surface area contributed by atoms with Gasteiger partial charge in [0, 0.05) is 12.2 Å². The smallest absolute Gasteiger partial charge is 0.320 e. The highest BCUT2D eigenvalue weighted by Gasteiger charge is 2.10. The molecule has 0 heterocycles. The van der Waals surface area contributed by atoms with Gasteiger partial charge in [0.1, 0.15) is 6.04 Å². The first-order valence-electron chi connectivity index (χ1n) is 5.30. The van der Waals surface area contributed by atoms with E-state index in [-0.39, 0.29) is 0 Å². The second-order valence-electron chi connectivity index (χ2n) is 3.98. The van der Waals surface area contributed by atoms with Gasteiger partial charge >= 0.3 is 5.97 Å². The fourth-order valence-corrected chi connectivity index (χ4v) is 1.41. The van der Waals surface area contributed by atoms with Crippen molar-refractivity contribution in [1.82, 2.24) is 0 Å². The van der Waals surface area contributed by atoms with Crippen LogP contribution >= 0.6 is 0 Å². The van der Waals surface area contributed by atoms with Gasteiger partial charge in [-0.05, 0) is 37.5 Å². The average Bonchev–Trinajstić information content (AvgIpc) is 2.22. The van der Waals surface area contributed by atoms with Crippen molar-refractivity contribution in [2.45, 2.75) is 26.3 Å². The zero-order valence-corrected chi connectivity index (χ0v) is 9.66. The molecular weight excluding hydrogens is 204 g/mol. The van der Waals surface area contributed by atoms with E-state index >= 15 is 0 Å². The van der Waals surface area contributed by atoms with E-state index < -0.39 is 12.0 Å². The lowest BCUT2D eigenvalue weighted by atomic mass is 10.1. The number of hydrogen-bond acceptors (Lipinski definition) is 3. The minimum atomic E-state index is -0.956. The van der Waals surface area contributed by atoms with E-state index in [2.05, 4.69) is 5.32 Å². The summed E-state index contributed by atoms with van der Waals surface area (Å²) in [5, 5.41) is 11.8. The highest BCUT2D eigenvalue weighted by atomic mass is 16.4. The predicted molar refractivity (Wildman–Crippen MR) is 64.6 cm³/mol. The van der Waals surface area contributed by atoms with Crippen LogP contribution in [0.15, 0.2) is 18.2 Å². The third-order valence-electron chi connectivity index (χ3n) is 2.48. The van der Waals surface area contributed by atoms with E-state index in [0.717, 1.165) is 11.3 Å². The van der Waals surface area contributed by atoms with Gasteiger partial charge in [0.25, 0.3) is 0 Å². The van der Waals surface area contributed by atoms with Crippen LogP contribution in [0.5, 0.6) is 0 Å². The Kier molecular flexibility index (Phi) is 4.31. The van der Waals surface area contributed by atoms with Crippen LogP contribution in [-0.4, -0.2) is 23.7 Å². The number of anilines is 1. The number of nitrogens with two attached hydrogens (primary N) is 1. The monoisotopic (exact) mass is 222 g/mol. The van der Waals surface area contributed by atoms with Gasteiger partial charge < -0.3 is 16.2 Å². The Morgan fingerprint density at radius 1 is 1.50 bits per heavy atom. The second-order valence-corrected chi connectivity index (χ2v) is 3.98. The Bertz CT molecular complexity index is 377. The van der Waals surface area contributed by atoms with Crippen LogP contribution in [0.2, 0.25) is 0 Å². The van der Waals surface area contributed by atoms with Crippen molar-refractivity contribution in [2.75, 3.05) is 11.9 Å². The number of aryl methyl sites for hydroxylation is 2. The first kappa shape index (κ1) is 12.5. The summed E-state index contributed by atoms with van der Waals surface area (Å²) >= 11 is 0. The van der Waals surface area contributed by atoms with Gasteiger partial charge in [0.05, 0.1) is 0 Å². The summed E-state index contributed by atoms with van der Waals surface area (Å²) in [6, 6.07) is 5.33. The zero-order valence-electron chi connectivity index (χ0n) is 9.66. The number of benzene rings is 1. The normalized spacial score (nSPS) is 12.2. The Hall–Kier alpha value is -1.55. The molecule has 0 spiro atoms. The molecule has 4 N–H and O–H groups in total. The van der Waals surface area contributed by atoms with Crippen LogP contribution in [0.3, 0.4) is 0 Å². The molecule has 0 aliphatic rings. The number of rotatable bonds is 5. The molecule has 1 aromatic rings. The standard InChI is InChI=1S/C12H18N2O2/c1-8-3-4-9(2)11(7-8)14-6-5-10(13)12(15)16/h3-4,7,10,14H,5-6,13H2,1-2H3,(H,15,16). The molecule has 4 nitrogen and oxygen atoms in total. The Morgan fingerprint density at radius 3 is 2.81 bits per heavy atom. The molecule has 88 valence electrons. The van der Waals surface area contributed by atoms with Crippen LogP contribution in [0.25, 0.3) is 0 Å². The number of aliphatic carboxylic acids is 1. The second kappa shape index (κ2) is 5.51. The summed E-state index contributed by atoms with van der Waals surface area (Å²) in [6.07, 6.45) is 0.419. The van der Waals surface area contributed by atoms with Crippen molar-refractivity contribution < 1.29 is 9.90 Å². The summed E-state index contributed by atoms with van der Waals surface area (Å²) in [5.74, 6) is -0.956. The molecule has 1 rings (SSSR count). The fraction of sp³-hybridized carbons (Fsp3) is 0.417. The van der Waals surface area contributed by atoms with Gasteiger partial charge in [-0.25, -0.2) is 0 Å². The molecule has 0 radical (unpaired) electrons. The van der Waals surface area contributed by atoms with Gasteiger partial charge in [-0.15, -0.1) is 0 Å². The third-order valence-corrected chi connectivity index (χ3v) is 2.48. The molecule has 1 unspecified atom stereocenters. The molecule has 0 aliphatic carbocycles. The first-order chi connectivity index (χ1) is 7.50. The number of carboxylic acid groups (broad SMARTS) is 1. The van der Waals surface area contributed by atoms with Crippen molar-refractivity contribution in [1.29, 1.82) is 0 Å². The van der Waals surface area contributed by atoms with Crippen molar-refractivity contribution in [3.8, 4) is 0 Å². The van der Waals surface area contributed by atoms with Crippen LogP contribution < -0.4 is 11.1 Å². The average molecular weight is 222 g/mol. The maximum Gasteiger partial charge on any atom is 0.320 e. The predicted octanol–water partition coefficient (Wildman–Crippen LogP) is 1.52. The summed E-state index contributed by atoms with van der Waals surface area (Å²) < 4.78 is 0. The summed E-state index contributed by atoms with van der Waals surface area (Å²) in [4.78, 5) is 10.5. The highest BCUT2D eigenvalue weighted by molar-refractivity contribution is 5.73. The van der Waals surface area contributed by atoms with E-state index in [0.29, 0.717) is 13.0 Å². The molecule has 0 saturated heterocycles. The maximum atomic E-state index is 10.5. The number of nitrogens with one attached hydrogen (secondary N) is 1. The van der Waals surface area contributed by atoms with Gasteiger partial charge in [0.15, 0.2) is 0 Å². The number of carbonyl (C=O) groups is 1. The number of carboxylic acids is 1. The number of hydrogen-bond donors (Lipinski definition) is 3. The van der Waals surface area contributed by atoms with E-state index in [4.69, 9.17) is 10.8 Å². The largest absolute Gasteiger partial charge is 0.480 e. The van der Waals surface area contributed by atoms with Crippen molar-refractivity contribution >= 4 is 11.7 Å². The van der Waals surface area contributed by atoms with Crippen molar-refractivity contribution in [3.05, 3.63) is 29.3 Å². The molecule has 0 aliphatic heterocycles. The molecule has 0 saturated carbocycles. The molecular formula is C12H18N2O2. The molecule has 0 amide bonds. The first-order valence-corrected chi connectivity index (χ1v) is 5.30. The minimum absolute atomic E-state index is 0.419. The summed E-state index contributed by atoms with van der Waals surface area (Å²) in [6.45, 7) is 4.60. The summed E-state index contributed by atoms with van der Waals surface area (Å²) in [5.41, 5.74) is 8.77. The van der Waals surface area contributed by atoms with Crippen LogP contribution in [0.1, 0.15) is 17.5 Å². The Labute approximate surface area is 95.5 Å². The zero-order chi connectivity index (χ0) is 12.1. The van der Waals surface area contributed by atoms with Crippen LogP contribution in [0.4, 0.5) is 5.69 Å². The molecule has 1 aromatic carbocycles. The van der Waals surface area contributed by atoms with Gasteiger partial charge in [-0.1, -0.05) is 12.1 Å². The van der Waals surface area contributed by atoms with E-state index in [1.165, 1.54) is 5.56 Å². The molecule has 4 heteroatoms. The van der Waals surface area contributed by atoms with Gasteiger partial charge in [-0.3, -0.25) is 4.79 Å². The van der Waals surface area contributed by atoms with Crippen LogP contribution in [0, 0.1) is 13.8 Å². The van der Waals surface area contributed by atoms with Gasteiger partial charge in [-0.2, -0.15) is 0 Å². The third kappa shape index (κ3) is 3.55. The SMILES string of the molecule is Cc1ccc(C)c(NCCC(N)C(=O)O)c1. The molecule has 16 heavy (non-hydrogen) atoms. The van der Waals surface area contributed by atoms with Gasteiger partial charge in [0.2, 0.25) is 0 Å². The molecule has 0 bridgehead atoms. The lowest BCUT2D eigenvalue weighted by Gasteiger charge is -2.11. The van der Waals surface area contributed by atoms with E-state index in [1.54, 1.807) is 0 Å². The fourth-order valence-electron chi connectivity index (χ4n) is 1.41. The van der Waals surface area contributed by atoms with Crippen molar-refractivity contribution in [3.63, 3.8) is 0 Å². The van der Waals surface area contributed by atoms with Crippen molar-refractivity contribution in [2.24, 2.45) is 5.73 Å². The minimum Gasteiger partial charge on any atom is -0.480 e.